The Morgan fingerprint density at radius 2 is 1.73 bits per heavy atom. The van der Waals surface area contributed by atoms with Crippen LogP contribution in [0.5, 0.6) is 0 Å². The van der Waals surface area contributed by atoms with Crippen molar-refractivity contribution in [2.45, 2.75) is 26.3 Å². The van der Waals surface area contributed by atoms with E-state index in [-0.39, 0.29) is 0 Å². The van der Waals surface area contributed by atoms with Crippen molar-refractivity contribution in [1.82, 2.24) is 9.97 Å². The van der Waals surface area contributed by atoms with E-state index in [9.17, 15) is 0 Å². The Morgan fingerprint density at radius 1 is 0.955 bits per heavy atom. The number of imidazole rings is 1. The molecule has 0 radical (unpaired) electrons. The molecule has 0 saturated carbocycles. The minimum atomic E-state index is 0.767. The van der Waals surface area contributed by atoms with Gasteiger partial charge >= 0.3 is 0 Å². The summed E-state index contributed by atoms with van der Waals surface area (Å²) in [5, 5.41) is 3.44. The van der Waals surface area contributed by atoms with Crippen LogP contribution in [0.25, 0.3) is 0 Å². The van der Waals surface area contributed by atoms with Crippen molar-refractivity contribution in [2.24, 2.45) is 0 Å². The Morgan fingerprint density at radius 3 is 2.50 bits per heavy atom. The van der Waals surface area contributed by atoms with Crippen molar-refractivity contribution in [1.29, 1.82) is 0 Å². The smallest absolute Gasteiger partial charge is 0.103 e. The SMILES string of the molecule is Cc1ncc(CNc2cccc(CCc3ccccc3)c2)[nH]1. The highest BCUT2D eigenvalue weighted by Crippen LogP contribution is 2.14. The molecule has 22 heavy (non-hydrogen) atoms. The number of anilines is 1. The van der Waals surface area contributed by atoms with Gasteiger partial charge in [0, 0.05) is 5.69 Å². The van der Waals surface area contributed by atoms with Crippen LogP contribution in [-0.2, 0) is 19.4 Å². The number of nitrogens with zero attached hydrogens (tertiary/aromatic N) is 1. The molecule has 112 valence electrons. The molecule has 2 aromatic carbocycles. The average Bonchev–Trinajstić information content (AvgIpc) is 2.98. The highest BCUT2D eigenvalue weighted by molar-refractivity contribution is 5.46. The molecule has 0 saturated heterocycles. The summed E-state index contributed by atoms with van der Waals surface area (Å²) in [6, 6.07) is 19.3. The van der Waals surface area contributed by atoms with Crippen molar-refractivity contribution in [3.8, 4) is 0 Å². The normalized spacial score (nSPS) is 10.6. The Balaban J connectivity index is 1.57. The van der Waals surface area contributed by atoms with Crippen LogP contribution in [0, 0.1) is 6.92 Å². The van der Waals surface area contributed by atoms with E-state index < -0.39 is 0 Å². The molecule has 3 aromatic rings. The summed E-state index contributed by atoms with van der Waals surface area (Å²) in [5.74, 6) is 0.952. The van der Waals surface area contributed by atoms with Crippen molar-refractivity contribution in [3.05, 3.63) is 83.4 Å². The van der Waals surface area contributed by atoms with E-state index in [1.54, 1.807) is 0 Å². The van der Waals surface area contributed by atoms with Gasteiger partial charge in [-0.15, -0.1) is 0 Å². The molecule has 2 N–H and O–H groups in total. The van der Waals surface area contributed by atoms with E-state index in [0.29, 0.717) is 0 Å². The zero-order valence-electron chi connectivity index (χ0n) is 12.8. The fourth-order valence-corrected chi connectivity index (χ4v) is 2.53. The summed E-state index contributed by atoms with van der Waals surface area (Å²) in [6.45, 7) is 2.73. The second-order valence-electron chi connectivity index (χ2n) is 5.53. The Bertz CT molecular complexity index is 716. The summed E-state index contributed by atoms with van der Waals surface area (Å²) in [4.78, 5) is 7.45. The third kappa shape index (κ3) is 3.98. The van der Waals surface area contributed by atoms with Crippen LogP contribution in [0.4, 0.5) is 5.69 Å². The fraction of sp³-hybridized carbons (Fsp3) is 0.211. The monoisotopic (exact) mass is 291 g/mol. The minimum Gasteiger partial charge on any atom is -0.379 e. The number of aryl methyl sites for hydroxylation is 3. The molecule has 0 spiro atoms. The summed E-state index contributed by atoms with van der Waals surface area (Å²) < 4.78 is 0. The van der Waals surface area contributed by atoms with Gasteiger partial charge < -0.3 is 10.3 Å². The van der Waals surface area contributed by atoms with E-state index in [1.807, 2.05) is 13.1 Å². The van der Waals surface area contributed by atoms with Crippen molar-refractivity contribution in [2.75, 3.05) is 5.32 Å². The molecule has 0 atom stereocenters. The van der Waals surface area contributed by atoms with Crippen LogP contribution in [-0.4, -0.2) is 9.97 Å². The highest BCUT2D eigenvalue weighted by atomic mass is 15.0. The molecule has 3 rings (SSSR count). The van der Waals surface area contributed by atoms with Gasteiger partial charge in [0.25, 0.3) is 0 Å². The van der Waals surface area contributed by atoms with E-state index in [0.717, 1.165) is 36.6 Å². The maximum absolute atomic E-state index is 4.21. The third-order valence-electron chi connectivity index (χ3n) is 3.71. The number of aromatic nitrogens is 2. The lowest BCUT2D eigenvalue weighted by molar-refractivity contribution is 0.959. The van der Waals surface area contributed by atoms with Gasteiger partial charge in [-0.3, -0.25) is 0 Å². The maximum Gasteiger partial charge on any atom is 0.103 e. The molecular weight excluding hydrogens is 270 g/mol. The van der Waals surface area contributed by atoms with Gasteiger partial charge in [-0.25, -0.2) is 4.98 Å². The maximum atomic E-state index is 4.21. The van der Waals surface area contributed by atoms with Crippen LogP contribution in [0.2, 0.25) is 0 Å². The predicted octanol–water partition coefficient (Wildman–Crippen LogP) is 4.12. The van der Waals surface area contributed by atoms with Gasteiger partial charge in [-0.1, -0.05) is 42.5 Å². The second-order valence-corrected chi connectivity index (χ2v) is 5.53. The Labute approximate surface area is 131 Å². The summed E-state index contributed by atoms with van der Waals surface area (Å²) in [5.41, 5.74) is 4.99. The molecule has 0 amide bonds. The number of benzene rings is 2. The lowest BCUT2D eigenvalue weighted by Gasteiger charge is -2.08. The molecule has 0 aliphatic carbocycles. The average molecular weight is 291 g/mol. The van der Waals surface area contributed by atoms with Crippen LogP contribution >= 0.6 is 0 Å². The lowest BCUT2D eigenvalue weighted by atomic mass is 10.0. The molecule has 3 nitrogen and oxygen atoms in total. The quantitative estimate of drug-likeness (QED) is 0.717. The molecule has 1 heterocycles. The van der Waals surface area contributed by atoms with Crippen molar-refractivity contribution >= 4 is 5.69 Å². The van der Waals surface area contributed by atoms with Crippen LogP contribution < -0.4 is 5.32 Å². The second kappa shape index (κ2) is 6.94. The summed E-state index contributed by atoms with van der Waals surface area (Å²) >= 11 is 0. The number of hydrogen-bond acceptors (Lipinski definition) is 2. The summed E-state index contributed by atoms with van der Waals surface area (Å²) in [6.07, 6.45) is 4.01. The first-order valence-corrected chi connectivity index (χ1v) is 7.67. The zero-order chi connectivity index (χ0) is 15.2. The first-order chi connectivity index (χ1) is 10.8. The van der Waals surface area contributed by atoms with Crippen LogP contribution in [0.1, 0.15) is 22.6 Å². The van der Waals surface area contributed by atoms with Crippen molar-refractivity contribution in [3.63, 3.8) is 0 Å². The molecule has 0 aliphatic rings. The van der Waals surface area contributed by atoms with Gasteiger partial charge in [0.05, 0.1) is 18.4 Å². The minimum absolute atomic E-state index is 0.767. The van der Waals surface area contributed by atoms with E-state index in [4.69, 9.17) is 0 Å². The van der Waals surface area contributed by atoms with Gasteiger partial charge in [0.2, 0.25) is 0 Å². The molecule has 1 aromatic heterocycles. The molecule has 0 unspecified atom stereocenters. The van der Waals surface area contributed by atoms with Gasteiger partial charge in [-0.05, 0) is 43.0 Å². The Kier molecular flexibility index (Phi) is 4.54. The number of hydrogen-bond donors (Lipinski definition) is 2. The highest BCUT2D eigenvalue weighted by Gasteiger charge is 2.00. The molecular formula is C19H21N3. The van der Waals surface area contributed by atoms with E-state index in [1.165, 1.54) is 11.1 Å². The number of aromatic amines is 1. The first-order valence-electron chi connectivity index (χ1n) is 7.67. The topological polar surface area (TPSA) is 40.7 Å². The fourth-order valence-electron chi connectivity index (χ4n) is 2.53. The standard InChI is InChI=1S/C19H21N3/c1-15-20-13-19(22-15)14-21-18-9-5-8-17(12-18)11-10-16-6-3-2-4-7-16/h2-9,12-13,21H,10-11,14H2,1H3,(H,20,22). The zero-order valence-corrected chi connectivity index (χ0v) is 12.8. The number of H-pyrrole nitrogens is 1. The molecule has 3 heteroatoms. The van der Waals surface area contributed by atoms with E-state index >= 15 is 0 Å². The predicted molar refractivity (Wildman–Crippen MR) is 90.9 cm³/mol. The lowest BCUT2D eigenvalue weighted by Crippen LogP contribution is -2.00. The van der Waals surface area contributed by atoms with Crippen LogP contribution in [0.15, 0.2) is 60.8 Å². The molecule has 0 fully saturated rings. The summed E-state index contributed by atoms with van der Waals surface area (Å²) in [7, 11) is 0. The molecule has 0 bridgehead atoms. The molecule has 0 aliphatic heterocycles. The van der Waals surface area contributed by atoms with Gasteiger partial charge in [0.1, 0.15) is 5.82 Å². The van der Waals surface area contributed by atoms with E-state index in [2.05, 4.69) is 69.9 Å². The van der Waals surface area contributed by atoms with Crippen molar-refractivity contribution < 1.29 is 0 Å². The number of nitrogens with one attached hydrogen (secondary N) is 2. The van der Waals surface area contributed by atoms with Gasteiger partial charge in [-0.2, -0.15) is 0 Å². The van der Waals surface area contributed by atoms with Gasteiger partial charge in [0.15, 0.2) is 0 Å². The first kappa shape index (κ1) is 14.4. The Hall–Kier alpha value is -2.55. The largest absolute Gasteiger partial charge is 0.379 e. The third-order valence-corrected chi connectivity index (χ3v) is 3.71. The van der Waals surface area contributed by atoms with Crippen LogP contribution in [0.3, 0.4) is 0 Å². The number of rotatable bonds is 6.